The molecule has 0 aliphatic rings. The van der Waals surface area contributed by atoms with E-state index in [1.165, 1.54) is 0 Å². The molecule has 6 heteroatoms. The molecule has 0 amide bonds. The fraction of sp³-hybridized carbons (Fsp3) is 0.0833. The molecule has 18 heavy (non-hydrogen) atoms. The molecule has 0 atom stereocenters. The molecule has 0 radical (unpaired) electrons. The Balaban J connectivity index is 1.98. The van der Waals surface area contributed by atoms with Gasteiger partial charge in [0.05, 0.1) is 7.11 Å². The number of hydrogen-bond acceptors (Lipinski definition) is 5. The van der Waals surface area contributed by atoms with E-state index in [4.69, 9.17) is 4.74 Å². The molecule has 0 aliphatic heterocycles. The molecule has 6 nitrogen and oxygen atoms in total. The topological polar surface area (TPSA) is 64.3 Å². The molecule has 0 saturated heterocycles. The van der Waals surface area contributed by atoms with Crippen LogP contribution in [-0.2, 0) is 0 Å². The van der Waals surface area contributed by atoms with Crippen molar-refractivity contribution in [2.24, 2.45) is 0 Å². The van der Waals surface area contributed by atoms with Gasteiger partial charge in [-0.1, -0.05) is 6.07 Å². The summed E-state index contributed by atoms with van der Waals surface area (Å²) in [4.78, 5) is 4.25. The van der Waals surface area contributed by atoms with Gasteiger partial charge in [0.2, 0.25) is 5.65 Å². The van der Waals surface area contributed by atoms with Crippen molar-refractivity contribution >= 4 is 17.2 Å². The average Bonchev–Trinajstić information content (AvgIpc) is 2.88. The summed E-state index contributed by atoms with van der Waals surface area (Å²) in [6.45, 7) is 0. The fourth-order valence-electron chi connectivity index (χ4n) is 1.68. The quantitative estimate of drug-likeness (QED) is 0.758. The average molecular weight is 241 g/mol. The lowest BCUT2D eigenvalue weighted by molar-refractivity contribution is 0.415. The van der Waals surface area contributed by atoms with Gasteiger partial charge in [-0.05, 0) is 12.1 Å². The molecule has 1 N–H and O–H groups in total. The molecule has 3 aromatic rings. The second kappa shape index (κ2) is 4.33. The van der Waals surface area contributed by atoms with Gasteiger partial charge >= 0.3 is 0 Å². The highest BCUT2D eigenvalue weighted by atomic mass is 16.5. The van der Waals surface area contributed by atoms with Crippen LogP contribution < -0.4 is 10.1 Å². The number of nitrogens with one attached hydrogen (secondary N) is 1. The smallest absolute Gasteiger partial charge is 0.203 e. The van der Waals surface area contributed by atoms with Crippen molar-refractivity contribution in [3.8, 4) is 5.75 Å². The van der Waals surface area contributed by atoms with Crippen molar-refractivity contribution < 1.29 is 4.74 Å². The number of nitrogens with zero attached hydrogens (tertiary/aromatic N) is 4. The van der Waals surface area contributed by atoms with Gasteiger partial charge in [0.1, 0.15) is 12.1 Å². The van der Waals surface area contributed by atoms with Crippen LogP contribution in [0.3, 0.4) is 0 Å². The third kappa shape index (κ3) is 1.84. The van der Waals surface area contributed by atoms with Gasteiger partial charge in [-0.2, -0.15) is 0 Å². The lowest BCUT2D eigenvalue weighted by atomic mass is 10.3. The molecule has 0 spiro atoms. The number of anilines is 2. The summed E-state index contributed by atoms with van der Waals surface area (Å²) in [6, 6.07) is 7.62. The van der Waals surface area contributed by atoms with E-state index in [9.17, 15) is 0 Å². The van der Waals surface area contributed by atoms with Crippen molar-refractivity contribution in [3.05, 3.63) is 43.0 Å². The Morgan fingerprint density at radius 3 is 3.17 bits per heavy atom. The lowest BCUT2D eigenvalue weighted by Crippen LogP contribution is -1.97. The Morgan fingerprint density at radius 2 is 2.28 bits per heavy atom. The number of aromatic nitrogens is 4. The number of rotatable bonds is 3. The van der Waals surface area contributed by atoms with Gasteiger partial charge < -0.3 is 10.1 Å². The summed E-state index contributed by atoms with van der Waals surface area (Å²) in [7, 11) is 1.64. The third-order valence-electron chi connectivity index (χ3n) is 2.55. The molecule has 0 saturated carbocycles. The van der Waals surface area contributed by atoms with E-state index < -0.39 is 0 Å². The second-order valence-electron chi connectivity index (χ2n) is 3.69. The zero-order valence-electron chi connectivity index (χ0n) is 9.74. The predicted octanol–water partition coefficient (Wildman–Crippen LogP) is 1.88. The number of benzene rings is 1. The number of hydrogen-bond donors (Lipinski definition) is 1. The van der Waals surface area contributed by atoms with Gasteiger partial charge in [-0.15, -0.1) is 10.2 Å². The zero-order valence-corrected chi connectivity index (χ0v) is 9.74. The normalized spacial score (nSPS) is 10.5. The van der Waals surface area contributed by atoms with Gasteiger partial charge in [0, 0.05) is 24.1 Å². The van der Waals surface area contributed by atoms with Crippen molar-refractivity contribution in [1.82, 2.24) is 19.6 Å². The van der Waals surface area contributed by atoms with Gasteiger partial charge in [0.25, 0.3) is 0 Å². The minimum atomic E-state index is 0.656. The summed E-state index contributed by atoms with van der Waals surface area (Å²) in [5.74, 6) is 1.44. The predicted molar refractivity (Wildman–Crippen MR) is 67.1 cm³/mol. The molecule has 1 aromatic carbocycles. The van der Waals surface area contributed by atoms with E-state index in [-0.39, 0.29) is 0 Å². The highest BCUT2D eigenvalue weighted by Gasteiger charge is 2.05. The number of ether oxygens (including phenoxy) is 1. The number of fused-ring (bicyclic) bond motifs is 1. The maximum absolute atomic E-state index is 5.17. The molecule has 2 aromatic heterocycles. The first-order valence-corrected chi connectivity index (χ1v) is 5.42. The molecule has 2 heterocycles. The SMILES string of the molecule is COc1cccc(Nc2nccn3cnnc23)c1. The summed E-state index contributed by atoms with van der Waals surface area (Å²) in [5.41, 5.74) is 1.57. The second-order valence-corrected chi connectivity index (χ2v) is 3.69. The van der Waals surface area contributed by atoms with Gasteiger partial charge in [-0.3, -0.25) is 4.40 Å². The Kier molecular flexibility index (Phi) is 2.53. The van der Waals surface area contributed by atoms with Crippen LogP contribution in [0.5, 0.6) is 5.75 Å². The largest absolute Gasteiger partial charge is 0.497 e. The summed E-state index contributed by atoms with van der Waals surface area (Å²) >= 11 is 0. The van der Waals surface area contributed by atoms with Crippen LogP contribution in [0.1, 0.15) is 0 Å². The van der Waals surface area contributed by atoms with Crippen LogP contribution in [0.2, 0.25) is 0 Å². The minimum absolute atomic E-state index is 0.656. The van der Waals surface area contributed by atoms with Crippen LogP contribution in [0.25, 0.3) is 5.65 Å². The number of methoxy groups -OCH3 is 1. The first-order valence-electron chi connectivity index (χ1n) is 5.42. The molecular weight excluding hydrogens is 230 g/mol. The maximum Gasteiger partial charge on any atom is 0.203 e. The van der Waals surface area contributed by atoms with Crippen LogP contribution in [-0.4, -0.2) is 26.7 Å². The molecule has 0 unspecified atom stereocenters. The van der Waals surface area contributed by atoms with E-state index in [1.54, 1.807) is 30.2 Å². The van der Waals surface area contributed by atoms with Crippen LogP contribution in [0.4, 0.5) is 11.5 Å². The van der Waals surface area contributed by atoms with Crippen molar-refractivity contribution in [2.45, 2.75) is 0 Å². The van der Waals surface area contributed by atoms with Crippen molar-refractivity contribution in [1.29, 1.82) is 0 Å². The Morgan fingerprint density at radius 1 is 1.33 bits per heavy atom. The van der Waals surface area contributed by atoms with E-state index in [2.05, 4.69) is 20.5 Å². The van der Waals surface area contributed by atoms with Crippen LogP contribution in [0, 0.1) is 0 Å². The third-order valence-corrected chi connectivity index (χ3v) is 2.55. The summed E-state index contributed by atoms with van der Waals surface area (Å²) in [5, 5.41) is 11.1. The minimum Gasteiger partial charge on any atom is -0.497 e. The Hall–Kier alpha value is -2.63. The van der Waals surface area contributed by atoms with Crippen molar-refractivity contribution in [3.63, 3.8) is 0 Å². The first-order chi connectivity index (χ1) is 8.86. The van der Waals surface area contributed by atoms with E-state index in [1.807, 2.05) is 24.3 Å². The standard InChI is InChI=1S/C12H11N5O/c1-18-10-4-2-3-9(7-10)15-11-12-16-14-8-17(12)6-5-13-11/h2-8H,1H3,(H,13,15). The highest BCUT2D eigenvalue weighted by Crippen LogP contribution is 2.21. The molecular formula is C12H11N5O. The monoisotopic (exact) mass is 241 g/mol. The van der Waals surface area contributed by atoms with E-state index in [0.29, 0.717) is 11.5 Å². The summed E-state index contributed by atoms with van der Waals surface area (Å²) in [6.07, 6.45) is 5.12. The summed E-state index contributed by atoms with van der Waals surface area (Å²) < 4.78 is 6.97. The van der Waals surface area contributed by atoms with Gasteiger partial charge in [0.15, 0.2) is 5.82 Å². The maximum atomic E-state index is 5.17. The van der Waals surface area contributed by atoms with E-state index >= 15 is 0 Å². The first kappa shape index (κ1) is 10.5. The highest BCUT2D eigenvalue weighted by molar-refractivity contribution is 5.69. The van der Waals surface area contributed by atoms with E-state index in [0.717, 1.165) is 11.4 Å². The molecule has 90 valence electrons. The van der Waals surface area contributed by atoms with Crippen LogP contribution in [0.15, 0.2) is 43.0 Å². The molecule has 0 fully saturated rings. The lowest BCUT2D eigenvalue weighted by Gasteiger charge is -2.07. The fourth-order valence-corrected chi connectivity index (χ4v) is 1.68. The molecule has 3 rings (SSSR count). The van der Waals surface area contributed by atoms with Gasteiger partial charge in [-0.25, -0.2) is 4.98 Å². The Labute approximate surface area is 103 Å². The Bertz CT molecular complexity index is 679. The van der Waals surface area contributed by atoms with Crippen LogP contribution >= 0.6 is 0 Å². The molecule has 0 aliphatic carbocycles. The zero-order chi connectivity index (χ0) is 12.4. The molecule has 0 bridgehead atoms. The van der Waals surface area contributed by atoms with Crippen molar-refractivity contribution in [2.75, 3.05) is 12.4 Å².